The number of halogens is 1. The van der Waals surface area contributed by atoms with Gasteiger partial charge < -0.3 is 20.1 Å². The second-order valence-electron chi connectivity index (χ2n) is 6.50. The van der Waals surface area contributed by atoms with Crippen LogP contribution in [0.15, 0.2) is 54.7 Å². The van der Waals surface area contributed by atoms with Crippen LogP contribution in [-0.4, -0.2) is 31.3 Å². The summed E-state index contributed by atoms with van der Waals surface area (Å²) in [5.41, 5.74) is 0.972. The lowest BCUT2D eigenvalue weighted by molar-refractivity contribution is 0.162. The fraction of sp³-hybridized carbons (Fsp3) is 0.286. The first-order chi connectivity index (χ1) is 12.8. The van der Waals surface area contributed by atoms with Crippen LogP contribution < -0.4 is 20.1 Å². The molecule has 1 aliphatic rings. The summed E-state index contributed by atoms with van der Waals surface area (Å²) in [6.45, 7) is 2.05. The molecule has 1 aromatic heterocycles. The lowest BCUT2D eigenvalue weighted by Crippen LogP contribution is -2.34. The fourth-order valence-corrected chi connectivity index (χ4v) is 3.19. The van der Waals surface area contributed by atoms with Gasteiger partial charge in [-0.2, -0.15) is 0 Å². The van der Waals surface area contributed by atoms with Crippen LogP contribution in [0, 0.1) is 0 Å². The largest absolute Gasteiger partial charge is 0.497 e. The summed E-state index contributed by atoms with van der Waals surface area (Å²) in [6.07, 6.45) is 4.29. The van der Waals surface area contributed by atoms with Crippen LogP contribution in [0.2, 0.25) is 0 Å². The van der Waals surface area contributed by atoms with E-state index in [0.717, 1.165) is 59.7 Å². The normalized spacial score (nSPS) is 14.4. The van der Waals surface area contributed by atoms with Crippen LogP contribution in [0.5, 0.6) is 11.5 Å². The first kappa shape index (κ1) is 19.3. The number of anilines is 2. The summed E-state index contributed by atoms with van der Waals surface area (Å²) < 4.78 is 11.3. The van der Waals surface area contributed by atoms with Gasteiger partial charge in [-0.25, -0.2) is 4.98 Å². The minimum Gasteiger partial charge on any atom is -0.497 e. The topological polar surface area (TPSA) is 55.4 Å². The number of nitrogens with zero attached hydrogens (tertiary/aromatic N) is 1. The second-order valence-corrected chi connectivity index (χ2v) is 6.50. The van der Waals surface area contributed by atoms with Gasteiger partial charge in [0.25, 0.3) is 0 Å². The van der Waals surface area contributed by atoms with E-state index in [0.29, 0.717) is 6.10 Å². The number of fused-ring (bicyclic) bond motifs is 1. The summed E-state index contributed by atoms with van der Waals surface area (Å²) in [5, 5.41) is 8.91. The molecule has 0 saturated carbocycles. The molecule has 1 fully saturated rings. The number of pyridine rings is 1. The maximum absolute atomic E-state index is 6.15. The van der Waals surface area contributed by atoms with E-state index in [-0.39, 0.29) is 12.4 Å². The molecule has 1 saturated heterocycles. The van der Waals surface area contributed by atoms with E-state index in [9.17, 15) is 0 Å². The Morgan fingerprint density at radius 1 is 0.963 bits per heavy atom. The van der Waals surface area contributed by atoms with Gasteiger partial charge in [-0.3, -0.25) is 0 Å². The Morgan fingerprint density at radius 2 is 1.70 bits per heavy atom. The third-order valence-electron chi connectivity index (χ3n) is 4.64. The summed E-state index contributed by atoms with van der Waals surface area (Å²) in [4.78, 5) is 4.50. The van der Waals surface area contributed by atoms with Crippen LogP contribution in [0.3, 0.4) is 0 Å². The standard InChI is InChI=1S/C21H23N3O2.ClH/c1-25-18-6-3-17(4-7-18)24-21-13-16-12-20(5-2-15(16)14-23-21)26-19-8-10-22-11-9-19;/h2-7,12-14,19,22H,8-11H2,1H3,(H,23,24);1H. The second kappa shape index (κ2) is 8.93. The smallest absolute Gasteiger partial charge is 0.130 e. The Balaban J connectivity index is 0.00000210. The number of rotatable bonds is 5. The summed E-state index contributed by atoms with van der Waals surface area (Å²) in [7, 11) is 1.66. The average Bonchev–Trinajstić information content (AvgIpc) is 2.69. The minimum absolute atomic E-state index is 0. The van der Waals surface area contributed by atoms with Crippen molar-refractivity contribution in [1.29, 1.82) is 0 Å². The van der Waals surface area contributed by atoms with Gasteiger partial charge in [0.2, 0.25) is 0 Å². The van der Waals surface area contributed by atoms with Crippen molar-refractivity contribution < 1.29 is 9.47 Å². The summed E-state index contributed by atoms with van der Waals surface area (Å²) in [6, 6.07) is 16.0. The molecule has 142 valence electrons. The molecule has 2 N–H and O–H groups in total. The zero-order valence-corrected chi connectivity index (χ0v) is 16.1. The van der Waals surface area contributed by atoms with Crippen molar-refractivity contribution in [2.75, 3.05) is 25.5 Å². The van der Waals surface area contributed by atoms with Crippen molar-refractivity contribution in [2.45, 2.75) is 18.9 Å². The zero-order chi connectivity index (χ0) is 17.8. The van der Waals surface area contributed by atoms with Gasteiger partial charge in [0.1, 0.15) is 23.4 Å². The highest BCUT2D eigenvalue weighted by atomic mass is 35.5. The third kappa shape index (κ3) is 4.81. The number of aromatic nitrogens is 1. The Bertz CT molecular complexity index is 880. The van der Waals surface area contributed by atoms with Gasteiger partial charge in [-0.1, -0.05) is 0 Å². The predicted octanol–water partition coefficient (Wildman–Crippen LogP) is 4.54. The maximum Gasteiger partial charge on any atom is 0.130 e. The van der Waals surface area contributed by atoms with E-state index in [2.05, 4.69) is 33.8 Å². The number of ether oxygens (including phenoxy) is 2. The first-order valence-corrected chi connectivity index (χ1v) is 8.98. The lowest BCUT2D eigenvalue weighted by Gasteiger charge is -2.24. The van der Waals surface area contributed by atoms with Crippen LogP contribution in [0.25, 0.3) is 10.8 Å². The van der Waals surface area contributed by atoms with Gasteiger partial charge in [0, 0.05) is 17.3 Å². The minimum atomic E-state index is 0. The molecule has 3 aromatic rings. The third-order valence-corrected chi connectivity index (χ3v) is 4.64. The highest BCUT2D eigenvalue weighted by molar-refractivity contribution is 5.86. The molecule has 1 aliphatic heterocycles. The van der Waals surface area contributed by atoms with Crippen LogP contribution in [0.4, 0.5) is 11.5 Å². The lowest BCUT2D eigenvalue weighted by atomic mass is 10.1. The van der Waals surface area contributed by atoms with Crippen molar-refractivity contribution in [3.63, 3.8) is 0 Å². The number of piperidine rings is 1. The molecule has 0 aliphatic carbocycles. The van der Waals surface area contributed by atoms with E-state index in [1.165, 1.54) is 0 Å². The van der Waals surface area contributed by atoms with E-state index in [4.69, 9.17) is 9.47 Å². The molecule has 0 amide bonds. The van der Waals surface area contributed by atoms with E-state index >= 15 is 0 Å². The number of nitrogens with one attached hydrogen (secondary N) is 2. The molecule has 5 nitrogen and oxygen atoms in total. The highest BCUT2D eigenvalue weighted by Crippen LogP contribution is 2.26. The molecular formula is C21H24ClN3O2. The Labute approximate surface area is 165 Å². The number of methoxy groups -OCH3 is 1. The first-order valence-electron chi connectivity index (χ1n) is 8.98. The number of hydrogen-bond donors (Lipinski definition) is 2. The van der Waals surface area contributed by atoms with Gasteiger partial charge in [0.05, 0.1) is 7.11 Å². The Hall–Kier alpha value is -2.50. The molecule has 4 rings (SSSR count). The summed E-state index contributed by atoms with van der Waals surface area (Å²) >= 11 is 0. The molecule has 0 unspecified atom stereocenters. The predicted molar refractivity (Wildman–Crippen MR) is 112 cm³/mol. The molecule has 0 spiro atoms. The number of benzene rings is 2. The van der Waals surface area contributed by atoms with Gasteiger partial charge >= 0.3 is 0 Å². The molecule has 6 heteroatoms. The molecule has 2 heterocycles. The molecule has 27 heavy (non-hydrogen) atoms. The van der Waals surface area contributed by atoms with Crippen molar-refractivity contribution in [1.82, 2.24) is 10.3 Å². The highest BCUT2D eigenvalue weighted by Gasteiger charge is 2.14. The van der Waals surface area contributed by atoms with Crippen LogP contribution >= 0.6 is 12.4 Å². The fourth-order valence-electron chi connectivity index (χ4n) is 3.19. The SMILES string of the molecule is COc1ccc(Nc2cc3cc(OC4CCNCC4)ccc3cn2)cc1.Cl. The van der Waals surface area contributed by atoms with Crippen LogP contribution in [-0.2, 0) is 0 Å². The average molecular weight is 386 g/mol. The Morgan fingerprint density at radius 3 is 2.44 bits per heavy atom. The van der Waals surface area contributed by atoms with E-state index in [1.807, 2.05) is 36.5 Å². The molecule has 2 aromatic carbocycles. The van der Waals surface area contributed by atoms with Crippen molar-refractivity contribution in [3.8, 4) is 11.5 Å². The summed E-state index contributed by atoms with van der Waals surface area (Å²) in [5.74, 6) is 2.56. The molecular weight excluding hydrogens is 362 g/mol. The van der Waals surface area contributed by atoms with Gasteiger partial charge in [0.15, 0.2) is 0 Å². The van der Waals surface area contributed by atoms with Gasteiger partial charge in [-0.05, 0) is 79.8 Å². The number of hydrogen-bond acceptors (Lipinski definition) is 5. The van der Waals surface area contributed by atoms with Crippen molar-refractivity contribution in [2.24, 2.45) is 0 Å². The van der Waals surface area contributed by atoms with Crippen molar-refractivity contribution in [3.05, 3.63) is 54.7 Å². The zero-order valence-electron chi connectivity index (χ0n) is 15.3. The molecule has 0 bridgehead atoms. The van der Waals surface area contributed by atoms with E-state index < -0.39 is 0 Å². The molecule has 0 radical (unpaired) electrons. The van der Waals surface area contributed by atoms with Gasteiger partial charge in [-0.15, -0.1) is 12.4 Å². The van der Waals surface area contributed by atoms with Crippen LogP contribution in [0.1, 0.15) is 12.8 Å². The molecule has 0 atom stereocenters. The maximum atomic E-state index is 6.15. The van der Waals surface area contributed by atoms with Crippen molar-refractivity contribution >= 4 is 34.7 Å². The quantitative estimate of drug-likeness (QED) is 0.675. The van der Waals surface area contributed by atoms with E-state index in [1.54, 1.807) is 7.11 Å². The Kier molecular flexibility index (Phi) is 6.37. The monoisotopic (exact) mass is 385 g/mol.